The number of aromatic nitrogens is 4. The number of carbonyl (C=O) groups excluding carboxylic acids is 2. The van der Waals surface area contributed by atoms with Crippen LogP contribution in [0.4, 0.5) is 11.4 Å². The average molecular weight is 563 g/mol. The predicted octanol–water partition coefficient (Wildman–Crippen LogP) is 7.18. The van der Waals surface area contributed by atoms with Gasteiger partial charge in [-0.1, -0.05) is 26.8 Å². The highest BCUT2D eigenvalue weighted by Crippen LogP contribution is 2.40. The Hall–Kier alpha value is -4.63. The number of amides is 1. The number of fused-ring (bicyclic) bond motifs is 2. The van der Waals surface area contributed by atoms with Crippen molar-refractivity contribution < 1.29 is 9.59 Å². The molecule has 5 aromatic rings. The Bertz CT molecular complexity index is 1850. The van der Waals surface area contributed by atoms with Gasteiger partial charge in [0.2, 0.25) is 5.91 Å². The van der Waals surface area contributed by atoms with Crippen LogP contribution in [0, 0.1) is 5.92 Å². The number of hydrogen-bond donors (Lipinski definition) is 3. The second-order valence-electron chi connectivity index (χ2n) is 10.4. The van der Waals surface area contributed by atoms with Crippen molar-refractivity contribution in [3.63, 3.8) is 0 Å². The summed E-state index contributed by atoms with van der Waals surface area (Å²) < 4.78 is 0. The third-order valence-corrected chi connectivity index (χ3v) is 8.49. The lowest BCUT2D eigenvalue weighted by atomic mass is 9.90. The summed E-state index contributed by atoms with van der Waals surface area (Å²) in [5, 5.41) is 6.51. The summed E-state index contributed by atoms with van der Waals surface area (Å²) in [6.07, 6.45) is 7.94. The topological polar surface area (TPSA) is 113 Å². The van der Waals surface area contributed by atoms with Crippen molar-refractivity contribution in [2.24, 2.45) is 5.92 Å². The smallest absolute Gasteiger partial charge is 0.226 e. The molecule has 1 aliphatic rings. The summed E-state index contributed by atoms with van der Waals surface area (Å²) in [5.74, 6) is 0.664. The fraction of sp³-hybridized carbons (Fsp3) is 0.219. The van der Waals surface area contributed by atoms with Gasteiger partial charge in [-0.3, -0.25) is 19.6 Å². The summed E-state index contributed by atoms with van der Waals surface area (Å²) in [4.78, 5) is 43.3. The van der Waals surface area contributed by atoms with E-state index < -0.39 is 0 Å². The van der Waals surface area contributed by atoms with E-state index in [4.69, 9.17) is 4.98 Å². The minimum Gasteiger partial charge on any atom is -0.381 e. The van der Waals surface area contributed by atoms with Gasteiger partial charge in [-0.15, -0.1) is 11.3 Å². The lowest BCUT2D eigenvalue weighted by molar-refractivity contribution is -0.118. The number of anilines is 2. The average Bonchev–Trinajstić information content (AvgIpc) is 3.64. The first-order valence-corrected chi connectivity index (χ1v) is 14.5. The van der Waals surface area contributed by atoms with E-state index in [0.717, 1.165) is 68.2 Å². The molecule has 0 unspecified atom stereocenters. The van der Waals surface area contributed by atoms with E-state index in [9.17, 15) is 9.59 Å². The van der Waals surface area contributed by atoms with Gasteiger partial charge in [0.25, 0.3) is 0 Å². The molecule has 6 rings (SSSR count). The van der Waals surface area contributed by atoms with Crippen molar-refractivity contribution in [3.8, 4) is 21.6 Å². The normalized spacial score (nSPS) is 12.9. The van der Waals surface area contributed by atoms with Crippen LogP contribution in [0.1, 0.15) is 55.2 Å². The molecule has 0 aliphatic carbocycles. The number of ketones is 1. The molecule has 0 spiro atoms. The highest BCUT2D eigenvalue weighted by molar-refractivity contribution is 7.17. The molecule has 1 aliphatic heterocycles. The molecule has 0 fully saturated rings. The number of H-pyrrole nitrogens is 1. The molecule has 0 saturated heterocycles. The van der Waals surface area contributed by atoms with Gasteiger partial charge in [-0.25, -0.2) is 4.98 Å². The number of rotatable bonds is 7. The Morgan fingerprint density at radius 3 is 2.59 bits per heavy atom. The zero-order valence-corrected chi connectivity index (χ0v) is 24.1. The Balaban J connectivity index is 1.44. The molecular weight excluding hydrogens is 532 g/mol. The Morgan fingerprint density at radius 2 is 1.83 bits per heavy atom. The van der Waals surface area contributed by atoms with Gasteiger partial charge >= 0.3 is 0 Å². The van der Waals surface area contributed by atoms with Crippen LogP contribution in [-0.4, -0.2) is 38.2 Å². The van der Waals surface area contributed by atoms with Gasteiger partial charge in [0.1, 0.15) is 11.3 Å². The molecule has 0 saturated carbocycles. The van der Waals surface area contributed by atoms with Gasteiger partial charge in [0.05, 0.1) is 28.5 Å². The maximum absolute atomic E-state index is 12.3. The van der Waals surface area contributed by atoms with Gasteiger partial charge in [-0.05, 0) is 54.8 Å². The Morgan fingerprint density at radius 1 is 1.00 bits per heavy atom. The molecule has 8 nitrogen and oxygen atoms in total. The monoisotopic (exact) mass is 562 g/mol. The number of carbonyl (C=O) groups is 2. The van der Waals surface area contributed by atoms with Crippen molar-refractivity contribution in [2.45, 2.75) is 34.1 Å². The molecule has 9 heteroatoms. The fourth-order valence-electron chi connectivity index (χ4n) is 5.02. The third-order valence-electron chi connectivity index (χ3n) is 7.27. The van der Waals surface area contributed by atoms with Crippen LogP contribution in [0.25, 0.3) is 38.2 Å². The van der Waals surface area contributed by atoms with Gasteiger partial charge in [0, 0.05) is 57.7 Å². The number of hydrogen-bond acceptors (Lipinski definition) is 7. The van der Waals surface area contributed by atoms with E-state index in [2.05, 4.69) is 50.7 Å². The lowest BCUT2D eigenvalue weighted by Crippen LogP contribution is -2.17. The molecular formula is C32H30N6O2S. The van der Waals surface area contributed by atoms with E-state index >= 15 is 0 Å². The highest BCUT2D eigenvalue weighted by atomic mass is 32.1. The van der Waals surface area contributed by atoms with Crippen molar-refractivity contribution >= 4 is 51.0 Å². The summed E-state index contributed by atoms with van der Waals surface area (Å²) in [6, 6.07) is 12.1. The SMILES string of the molecule is CCC1=C(c2nc3c(-c4ccc(C(C)=O)s4)cncc3[nH]2)c2cc(-c3cncc(NC(=O)C(C)C)c3)ccc2NC1. The number of nitrogens with zero attached hydrogens (tertiary/aromatic N) is 3. The van der Waals surface area contributed by atoms with Crippen LogP contribution < -0.4 is 10.6 Å². The van der Waals surface area contributed by atoms with E-state index in [-0.39, 0.29) is 17.6 Å². The molecule has 5 heterocycles. The zero-order chi connectivity index (χ0) is 28.7. The molecule has 0 atom stereocenters. The first kappa shape index (κ1) is 26.6. The fourth-order valence-corrected chi connectivity index (χ4v) is 5.93. The van der Waals surface area contributed by atoms with Gasteiger partial charge in [-0.2, -0.15) is 0 Å². The van der Waals surface area contributed by atoms with Crippen LogP contribution >= 0.6 is 11.3 Å². The second kappa shape index (κ2) is 10.7. The molecule has 1 amide bonds. The van der Waals surface area contributed by atoms with Crippen LogP contribution in [0.3, 0.4) is 0 Å². The van der Waals surface area contributed by atoms with Gasteiger partial charge in [0.15, 0.2) is 5.78 Å². The summed E-state index contributed by atoms with van der Waals surface area (Å²) in [5.41, 5.74) is 9.52. The minimum absolute atomic E-state index is 0.0461. The molecule has 0 radical (unpaired) electrons. The highest BCUT2D eigenvalue weighted by Gasteiger charge is 2.24. The number of thiophene rings is 1. The maximum atomic E-state index is 12.3. The van der Waals surface area contributed by atoms with Crippen molar-refractivity contribution in [3.05, 3.63) is 83.0 Å². The number of imidazole rings is 1. The quantitative estimate of drug-likeness (QED) is 0.181. The zero-order valence-electron chi connectivity index (χ0n) is 23.3. The number of pyridine rings is 2. The second-order valence-corrected chi connectivity index (χ2v) is 11.5. The van der Waals surface area contributed by atoms with Crippen LogP contribution in [0.2, 0.25) is 0 Å². The molecule has 1 aromatic carbocycles. The molecule has 4 aromatic heterocycles. The third kappa shape index (κ3) is 5.04. The van der Waals surface area contributed by atoms with E-state index in [1.165, 1.54) is 16.9 Å². The first-order chi connectivity index (χ1) is 19.8. The van der Waals surface area contributed by atoms with E-state index in [1.807, 2.05) is 44.4 Å². The van der Waals surface area contributed by atoms with Crippen molar-refractivity contribution in [1.29, 1.82) is 0 Å². The van der Waals surface area contributed by atoms with Crippen LogP contribution in [0.5, 0.6) is 0 Å². The predicted molar refractivity (Wildman–Crippen MR) is 165 cm³/mol. The number of aromatic amines is 1. The van der Waals surface area contributed by atoms with E-state index in [1.54, 1.807) is 19.3 Å². The van der Waals surface area contributed by atoms with Crippen LogP contribution in [0.15, 0.2) is 66.8 Å². The first-order valence-electron chi connectivity index (χ1n) is 13.6. The maximum Gasteiger partial charge on any atom is 0.226 e. The van der Waals surface area contributed by atoms with Gasteiger partial charge < -0.3 is 15.6 Å². The standard InChI is InChI=1S/C32H30N6O2S/c1-5-19-13-35-25-7-6-20(21-10-22(14-33-12-21)36-32(40)17(2)3)11-23(25)29(19)31-37-26-16-34-15-24(30(26)38-31)28-9-8-27(41-28)18(4)39/h6-12,14-17,35H,5,13H2,1-4H3,(H,36,40)(H,37,38). The Labute approximate surface area is 242 Å². The van der Waals surface area contributed by atoms with Crippen molar-refractivity contribution in [2.75, 3.05) is 17.2 Å². The molecule has 206 valence electrons. The largest absolute Gasteiger partial charge is 0.381 e. The summed E-state index contributed by atoms with van der Waals surface area (Å²) >= 11 is 1.46. The molecule has 3 N–H and O–H groups in total. The molecule has 0 bridgehead atoms. The van der Waals surface area contributed by atoms with E-state index in [0.29, 0.717) is 10.6 Å². The summed E-state index contributed by atoms with van der Waals surface area (Å²) in [7, 11) is 0. The van der Waals surface area contributed by atoms with Crippen molar-refractivity contribution in [1.82, 2.24) is 19.9 Å². The number of nitrogens with one attached hydrogen (secondary N) is 3. The Kier molecular flexibility index (Phi) is 6.96. The number of benzene rings is 1. The number of Topliss-reactive ketones (excluding diaryl/α,β-unsaturated/α-hetero) is 1. The lowest BCUT2D eigenvalue weighted by Gasteiger charge is -2.24. The summed E-state index contributed by atoms with van der Waals surface area (Å²) in [6.45, 7) is 8.19. The minimum atomic E-state index is -0.121. The molecule has 41 heavy (non-hydrogen) atoms. The van der Waals surface area contributed by atoms with Crippen LogP contribution in [-0.2, 0) is 4.79 Å².